The summed E-state index contributed by atoms with van der Waals surface area (Å²) in [6.07, 6.45) is 9.45. The van der Waals surface area contributed by atoms with Crippen LogP contribution >= 0.6 is 0 Å². The second-order valence-corrected chi connectivity index (χ2v) is 18.4. The summed E-state index contributed by atoms with van der Waals surface area (Å²) in [7, 11) is 0. The van der Waals surface area contributed by atoms with Gasteiger partial charge in [-0.3, -0.25) is 0 Å². The van der Waals surface area contributed by atoms with Crippen molar-refractivity contribution >= 4 is 24.3 Å². The molecule has 0 atom stereocenters. The number of unbranched alkanes of at least 4 members (excludes halogenated alkanes) is 3. The third-order valence-corrected chi connectivity index (χ3v) is 17.7. The van der Waals surface area contributed by atoms with Crippen LogP contribution in [0.1, 0.15) is 59.3 Å². The molecule has 0 saturated heterocycles. The van der Waals surface area contributed by atoms with Crippen LogP contribution in [0.3, 0.4) is 0 Å². The van der Waals surface area contributed by atoms with E-state index >= 15 is 0 Å². The van der Waals surface area contributed by atoms with Crippen molar-refractivity contribution in [2.75, 3.05) is 0 Å². The van der Waals surface area contributed by atoms with E-state index in [-0.39, 0.29) is 5.91 Å². The molecule has 0 aliphatic rings. The van der Waals surface area contributed by atoms with E-state index in [4.69, 9.17) is 5.73 Å². The molecular formula is C15H31NOSn. The normalized spacial score (nSPS) is 12.2. The van der Waals surface area contributed by atoms with E-state index in [1.54, 1.807) is 6.08 Å². The number of hydrogen-bond donors (Lipinski definition) is 1. The van der Waals surface area contributed by atoms with Crippen molar-refractivity contribution in [3.63, 3.8) is 0 Å². The summed E-state index contributed by atoms with van der Waals surface area (Å²) >= 11 is -2.23. The summed E-state index contributed by atoms with van der Waals surface area (Å²) in [5, 5.41) is 0. The Morgan fingerprint density at radius 1 is 0.944 bits per heavy atom. The fourth-order valence-electron chi connectivity index (χ4n) is 2.47. The molecular weight excluding hydrogens is 329 g/mol. The molecule has 106 valence electrons. The van der Waals surface area contributed by atoms with E-state index in [0.717, 1.165) is 0 Å². The van der Waals surface area contributed by atoms with Gasteiger partial charge in [0.25, 0.3) is 0 Å². The Kier molecular flexibility index (Phi) is 10.9. The van der Waals surface area contributed by atoms with E-state index in [1.807, 2.05) is 0 Å². The van der Waals surface area contributed by atoms with Gasteiger partial charge in [0.05, 0.1) is 0 Å². The third-order valence-electron chi connectivity index (χ3n) is 3.69. The standard InChI is InChI=1S/3C4H9.C3H4NO.Sn/c3*1-3-4-2;1-2-3(4)5;/h3*1,3-4H2,2H3;1-2H,(H2,4,5);. The van der Waals surface area contributed by atoms with Crippen LogP contribution in [0.25, 0.3) is 0 Å². The zero-order valence-corrected chi connectivity index (χ0v) is 15.4. The number of carbonyl (C=O) groups is 1. The van der Waals surface area contributed by atoms with Crippen LogP contribution in [0.15, 0.2) is 10.2 Å². The second-order valence-electron chi connectivity index (χ2n) is 5.41. The molecule has 0 aromatic rings. The van der Waals surface area contributed by atoms with Gasteiger partial charge >= 0.3 is 118 Å². The van der Waals surface area contributed by atoms with E-state index in [9.17, 15) is 4.79 Å². The predicted octanol–water partition coefficient (Wildman–Crippen LogP) is 4.42. The molecule has 0 aromatic carbocycles. The van der Waals surface area contributed by atoms with Crippen LogP contribution in [-0.2, 0) is 4.79 Å². The first kappa shape index (κ1) is 18.0. The van der Waals surface area contributed by atoms with Gasteiger partial charge in [0.2, 0.25) is 0 Å². The second kappa shape index (κ2) is 10.9. The van der Waals surface area contributed by atoms with Gasteiger partial charge in [-0.25, -0.2) is 0 Å². The Bertz CT molecular complexity index is 229. The number of hydrogen-bond acceptors (Lipinski definition) is 1. The Balaban J connectivity index is 4.78. The average molecular weight is 360 g/mol. The Morgan fingerprint density at radius 2 is 1.33 bits per heavy atom. The van der Waals surface area contributed by atoms with Crippen molar-refractivity contribution in [2.24, 2.45) is 5.73 Å². The van der Waals surface area contributed by atoms with Gasteiger partial charge in [-0.05, 0) is 0 Å². The summed E-state index contributed by atoms with van der Waals surface area (Å²) < 4.78 is 6.51. The minimum absolute atomic E-state index is 0.263. The molecule has 18 heavy (non-hydrogen) atoms. The molecule has 0 saturated carbocycles. The van der Waals surface area contributed by atoms with E-state index in [2.05, 4.69) is 24.9 Å². The molecule has 0 rings (SSSR count). The molecule has 2 N–H and O–H groups in total. The average Bonchev–Trinajstić information content (AvgIpc) is 2.37. The van der Waals surface area contributed by atoms with Crippen molar-refractivity contribution in [2.45, 2.75) is 72.6 Å². The van der Waals surface area contributed by atoms with Crippen LogP contribution < -0.4 is 5.73 Å². The SMILES string of the molecule is CCC[CH2][Sn](/[CH]=C/C(N)=O)([CH2]CCC)[CH2]CCC. The minimum atomic E-state index is -2.23. The van der Waals surface area contributed by atoms with Crippen LogP contribution in [0.5, 0.6) is 0 Å². The molecule has 0 fully saturated rings. The molecule has 1 amide bonds. The molecule has 0 heterocycles. The van der Waals surface area contributed by atoms with Crippen molar-refractivity contribution < 1.29 is 4.79 Å². The third kappa shape index (κ3) is 8.17. The quantitative estimate of drug-likeness (QED) is 0.430. The first-order valence-electron chi connectivity index (χ1n) is 7.59. The zero-order chi connectivity index (χ0) is 13.9. The van der Waals surface area contributed by atoms with Gasteiger partial charge < -0.3 is 0 Å². The van der Waals surface area contributed by atoms with Crippen LogP contribution in [-0.4, -0.2) is 24.3 Å². The molecule has 0 spiro atoms. The van der Waals surface area contributed by atoms with E-state index in [0.29, 0.717) is 0 Å². The number of primary amides is 1. The molecule has 2 nitrogen and oxygen atoms in total. The first-order valence-corrected chi connectivity index (χ1v) is 15.3. The summed E-state index contributed by atoms with van der Waals surface area (Å²) in [5.74, 6) is -0.263. The molecule has 0 aromatic heterocycles. The van der Waals surface area contributed by atoms with Gasteiger partial charge in [-0.15, -0.1) is 0 Å². The van der Waals surface area contributed by atoms with Crippen molar-refractivity contribution in [3.8, 4) is 0 Å². The molecule has 0 bridgehead atoms. The van der Waals surface area contributed by atoms with Gasteiger partial charge in [0.15, 0.2) is 0 Å². The molecule has 0 radical (unpaired) electrons. The van der Waals surface area contributed by atoms with Gasteiger partial charge in [0, 0.05) is 0 Å². The maximum atomic E-state index is 11.0. The molecule has 0 aliphatic heterocycles. The van der Waals surface area contributed by atoms with Crippen molar-refractivity contribution in [1.82, 2.24) is 0 Å². The van der Waals surface area contributed by atoms with Crippen LogP contribution in [0.4, 0.5) is 0 Å². The van der Waals surface area contributed by atoms with Gasteiger partial charge in [-0.1, -0.05) is 0 Å². The number of carbonyl (C=O) groups excluding carboxylic acids is 1. The van der Waals surface area contributed by atoms with E-state index < -0.39 is 18.4 Å². The van der Waals surface area contributed by atoms with Crippen LogP contribution in [0.2, 0.25) is 13.3 Å². The maximum absolute atomic E-state index is 11.0. The summed E-state index contributed by atoms with van der Waals surface area (Å²) in [6, 6.07) is 0. The van der Waals surface area contributed by atoms with E-state index in [1.165, 1.54) is 51.8 Å². The molecule has 3 heteroatoms. The Morgan fingerprint density at radius 3 is 1.61 bits per heavy atom. The Hall–Kier alpha value is 0.00870. The van der Waals surface area contributed by atoms with Crippen molar-refractivity contribution in [3.05, 3.63) is 10.2 Å². The van der Waals surface area contributed by atoms with Crippen LogP contribution in [0, 0.1) is 0 Å². The predicted molar refractivity (Wildman–Crippen MR) is 83.2 cm³/mol. The molecule has 0 unspecified atom stereocenters. The number of rotatable bonds is 11. The molecule has 0 aliphatic carbocycles. The number of amides is 1. The first-order chi connectivity index (χ1) is 8.60. The van der Waals surface area contributed by atoms with Gasteiger partial charge in [-0.2, -0.15) is 0 Å². The summed E-state index contributed by atoms with van der Waals surface area (Å²) in [5.41, 5.74) is 5.29. The fourth-order valence-corrected chi connectivity index (χ4v) is 16.6. The zero-order valence-electron chi connectivity index (χ0n) is 12.5. The Labute approximate surface area is 117 Å². The monoisotopic (exact) mass is 361 g/mol. The summed E-state index contributed by atoms with van der Waals surface area (Å²) in [6.45, 7) is 6.77. The topological polar surface area (TPSA) is 43.1 Å². The fraction of sp³-hybridized carbons (Fsp3) is 0.800. The summed E-state index contributed by atoms with van der Waals surface area (Å²) in [4.78, 5) is 11.0. The van der Waals surface area contributed by atoms with Gasteiger partial charge in [0.1, 0.15) is 0 Å². The number of nitrogens with two attached hydrogens (primary N) is 1. The van der Waals surface area contributed by atoms with Crippen molar-refractivity contribution in [1.29, 1.82) is 0 Å².